The number of nitrogens with two attached hydrogens (primary N) is 1. The summed E-state index contributed by atoms with van der Waals surface area (Å²) in [7, 11) is 0. The number of hydrogen-bond acceptors (Lipinski definition) is 4. The van der Waals surface area contributed by atoms with Crippen molar-refractivity contribution in [1.82, 2.24) is 10.1 Å². The van der Waals surface area contributed by atoms with Gasteiger partial charge in [-0.1, -0.05) is 5.16 Å². The largest absolute Gasteiger partial charge is 0.339 e. The van der Waals surface area contributed by atoms with Crippen molar-refractivity contribution in [3.8, 4) is 0 Å². The molecule has 1 saturated carbocycles. The summed E-state index contributed by atoms with van der Waals surface area (Å²) in [6.45, 7) is 1.85. The third-order valence-corrected chi connectivity index (χ3v) is 2.92. The molecule has 1 aliphatic carbocycles. The Morgan fingerprint density at radius 2 is 2.07 bits per heavy atom. The lowest BCUT2D eigenvalue weighted by molar-refractivity contribution is 0.288. The minimum Gasteiger partial charge on any atom is -0.339 e. The monoisotopic (exact) mass is 195 g/mol. The molecule has 4 heteroatoms. The number of rotatable bonds is 2. The lowest BCUT2D eigenvalue weighted by atomic mass is 9.84. The molecule has 0 unspecified atom stereocenters. The molecule has 0 saturated heterocycles. The molecule has 1 aromatic heterocycles. The summed E-state index contributed by atoms with van der Waals surface area (Å²) in [5, 5.41) is 3.79. The van der Waals surface area contributed by atoms with Crippen LogP contribution in [-0.4, -0.2) is 16.2 Å². The zero-order valence-electron chi connectivity index (χ0n) is 8.57. The van der Waals surface area contributed by atoms with E-state index in [1.165, 1.54) is 12.8 Å². The molecule has 1 aromatic rings. The molecular weight excluding hydrogens is 178 g/mol. The second-order valence-electron chi connectivity index (χ2n) is 4.22. The van der Waals surface area contributed by atoms with E-state index in [0.717, 1.165) is 31.0 Å². The van der Waals surface area contributed by atoms with Crippen LogP contribution in [0.2, 0.25) is 0 Å². The van der Waals surface area contributed by atoms with E-state index in [1.54, 1.807) is 0 Å². The van der Waals surface area contributed by atoms with Gasteiger partial charge in [0.15, 0.2) is 5.82 Å². The highest BCUT2D eigenvalue weighted by Crippen LogP contribution is 2.25. The minimum atomic E-state index is 0.413. The summed E-state index contributed by atoms with van der Waals surface area (Å²) in [5.41, 5.74) is 5.84. The standard InChI is InChI=1S/C10H17N3O/c1-7-12-10(14-13-7)6-8-2-4-9(11)5-3-8/h8-9H,2-6,11H2,1H3. The quantitative estimate of drug-likeness (QED) is 0.775. The van der Waals surface area contributed by atoms with Crippen molar-refractivity contribution >= 4 is 0 Å². The summed E-state index contributed by atoms with van der Waals surface area (Å²) in [6.07, 6.45) is 5.59. The fourth-order valence-corrected chi connectivity index (χ4v) is 2.06. The van der Waals surface area contributed by atoms with Crippen LogP contribution >= 0.6 is 0 Å². The van der Waals surface area contributed by atoms with E-state index in [0.29, 0.717) is 12.0 Å². The van der Waals surface area contributed by atoms with Crippen molar-refractivity contribution in [3.63, 3.8) is 0 Å². The molecule has 2 rings (SSSR count). The molecule has 0 aromatic carbocycles. The van der Waals surface area contributed by atoms with Gasteiger partial charge in [-0.15, -0.1) is 0 Å². The Morgan fingerprint density at radius 3 is 2.64 bits per heavy atom. The lowest BCUT2D eigenvalue weighted by Crippen LogP contribution is -2.27. The Kier molecular flexibility index (Phi) is 2.82. The molecular formula is C10H17N3O. The van der Waals surface area contributed by atoms with Crippen LogP contribution in [0, 0.1) is 12.8 Å². The van der Waals surface area contributed by atoms with Crippen molar-refractivity contribution in [2.24, 2.45) is 11.7 Å². The molecule has 78 valence electrons. The number of hydrogen-bond donors (Lipinski definition) is 1. The van der Waals surface area contributed by atoms with Crippen molar-refractivity contribution in [2.75, 3.05) is 0 Å². The van der Waals surface area contributed by atoms with Crippen LogP contribution in [0.5, 0.6) is 0 Å². The highest BCUT2D eigenvalue weighted by molar-refractivity contribution is 4.87. The van der Waals surface area contributed by atoms with Gasteiger partial charge in [0.25, 0.3) is 0 Å². The number of nitrogens with zero attached hydrogens (tertiary/aromatic N) is 2. The SMILES string of the molecule is Cc1noc(CC2CCC(N)CC2)n1. The van der Waals surface area contributed by atoms with Crippen LogP contribution in [0.4, 0.5) is 0 Å². The van der Waals surface area contributed by atoms with E-state index in [2.05, 4.69) is 10.1 Å². The van der Waals surface area contributed by atoms with Gasteiger partial charge < -0.3 is 10.3 Å². The zero-order valence-corrected chi connectivity index (χ0v) is 8.57. The maximum atomic E-state index is 5.84. The molecule has 14 heavy (non-hydrogen) atoms. The van der Waals surface area contributed by atoms with E-state index >= 15 is 0 Å². The average Bonchev–Trinajstić information content (AvgIpc) is 2.56. The van der Waals surface area contributed by atoms with Crippen LogP contribution in [0.3, 0.4) is 0 Å². The second-order valence-corrected chi connectivity index (χ2v) is 4.22. The highest BCUT2D eigenvalue weighted by Gasteiger charge is 2.20. The first kappa shape index (κ1) is 9.65. The molecule has 0 radical (unpaired) electrons. The van der Waals surface area contributed by atoms with Crippen LogP contribution in [0.1, 0.15) is 37.4 Å². The normalized spacial score (nSPS) is 27.9. The zero-order chi connectivity index (χ0) is 9.97. The van der Waals surface area contributed by atoms with Crippen LogP contribution in [-0.2, 0) is 6.42 Å². The van der Waals surface area contributed by atoms with E-state index in [-0.39, 0.29) is 0 Å². The van der Waals surface area contributed by atoms with Crippen LogP contribution < -0.4 is 5.73 Å². The van der Waals surface area contributed by atoms with Gasteiger partial charge in [0, 0.05) is 12.5 Å². The highest BCUT2D eigenvalue weighted by atomic mass is 16.5. The second kappa shape index (κ2) is 4.09. The van der Waals surface area contributed by atoms with E-state index < -0.39 is 0 Å². The third kappa shape index (κ3) is 2.32. The van der Waals surface area contributed by atoms with Crippen molar-refractivity contribution in [1.29, 1.82) is 0 Å². The van der Waals surface area contributed by atoms with Gasteiger partial charge in [-0.25, -0.2) is 0 Å². The molecule has 0 spiro atoms. The van der Waals surface area contributed by atoms with E-state index in [9.17, 15) is 0 Å². The van der Waals surface area contributed by atoms with Crippen LogP contribution in [0.15, 0.2) is 4.52 Å². The van der Waals surface area contributed by atoms with Gasteiger partial charge in [0.1, 0.15) is 0 Å². The van der Waals surface area contributed by atoms with E-state index in [4.69, 9.17) is 10.3 Å². The molecule has 1 aliphatic rings. The minimum absolute atomic E-state index is 0.413. The maximum absolute atomic E-state index is 5.84. The Hall–Kier alpha value is -0.900. The van der Waals surface area contributed by atoms with Gasteiger partial charge in [0.05, 0.1) is 0 Å². The Bertz CT molecular complexity index is 289. The topological polar surface area (TPSA) is 64.9 Å². The summed E-state index contributed by atoms with van der Waals surface area (Å²) >= 11 is 0. The first-order valence-corrected chi connectivity index (χ1v) is 5.29. The summed E-state index contributed by atoms with van der Waals surface area (Å²) in [6, 6.07) is 0.413. The van der Waals surface area contributed by atoms with Gasteiger partial charge in [-0.05, 0) is 38.5 Å². The fraction of sp³-hybridized carbons (Fsp3) is 0.800. The predicted molar refractivity (Wildman–Crippen MR) is 52.7 cm³/mol. The van der Waals surface area contributed by atoms with E-state index in [1.807, 2.05) is 6.92 Å². The summed E-state index contributed by atoms with van der Waals surface area (Å²) < 4.78 is 5.10. The van der Waals surface area contributed by atoms with Crippen LogP contribution in [0.25, 0.3) is 0 Å². The molecule has 0 aliphatic heterocycles. The van der Waals surface area contributed by atoms with Gasteiger partial charge >= 0.3 is 0 Å². The maximum Gasteiger partial charge on any atom is 0.226 e. The summed E-state index contributed by atoms with van der Waals surface area (Å²) in [5.74, 6) is 2.20. The Morgan fingerprint density at radius 1 is 1.36 bits per heavy atom. The predicted octanol–water partition coefficient (Wildman–Crippen LogP) is 1.44. The van der Waals surface area contributed by atoms with Gasteiger partial charge in [-0.3, -0.25) is 0 Å². The molecule has 2 N–H and O–H groups in total. The van der Waals surface area contributed by atoms with Crippen molar-refractivity contribution < 1.29 is 4.52 Å². The molecule has 0 amide bonds. The lowest BCUT2D eigenvalue weighted by Gasteiger charge is -2.24. The Balaban J connectivity index is 1.86. The van der Waals surface area contributed by atoms with Crippen molar-refractivity contribution in [3.05, 3.63) is 11.7 Å². The molecule has 4 nitrogen and oxygen atoms in total. The third-order valence-electron chi connectivity index (χ3n) is 2.92. The average molecular weight is 195 g/mol. The molecule has 0 bridgehead atoms. The van der Waals surface area contributed by atoms with Crippen molar-refractivity contribution in [2.45, 2.75) is 45.1 Å². The Labute approximate surface area is 83.9 Å². The summed E-state index contributed by atoms with van der Waals surface area (Å²) in [4.78, 5) is 4.21. The molecule has 1 fully saturated rings. The van der Waals surface area contributed by atoms with Gasteiger partial charge in [-0.2, -0.15) is 4.98 Å². The molecule has 1 heterocycles. The van der Waals surface area contributed by atoms with Gasteiger partial charge in [0.2, 0.25) is 5.89 Å². The molecule has 0 atom stereocenters. The smallest absolute Gasteiger partial charge is 0.226 e. The number of aromatic nitrogens is 2. The first-order valence-electron chi connectivity index (χ1n) is 5.29. The first-order chi connectivity index (χ1) is 6.74. The number of aryl methyl sites for hydroxylation is 1. The fourth-order valence-electron chi connectivity index (χ4n) is 2.06.